The average molecular weight is 320 g/mol. The van der Waals surface area contributed by atoms with Gasteiger partial charge in [0.25, 0.3) is 0 Å². The minimum atomic E-state index is -3.47. The monoisotopic (exact) mass is 320 g/mol. The van der Waals surface area contributed by atoms with Crippen LogP contribution < -0.4 is 0 Å². The van der Waals surface area contributed by atoms with Gasteiger partial charge in [0.2, 0.25) is 0 Å². The van der Waals surface area contributed by atoms with Crippen molar-refractivity contribution in [2.24, 2.45) is 0 Å². The predicted molar refractivity (Wildman–Crippen MR) is 75.9 cm³/mol. The first-order valence-corrected chi connectivity index (χ1v) is 8.60. The molecule has 20 heavy (non-hydrogen) atoms. The number of carbonyl (C=O) groups is 1. The van der Waals surface area contributed by atoms with Crippen LogP contribution in [0.5, 0.6) is 0 Å². The minimum absolute atomic E-state index is 0.0318. The molecule has 0 radical (unpaired) electrons. The lowest BCUT2D eigenvalue weighted by molar-refractivity contribution is 0.0696. The summed E-state index contributed by atoms with van der Waals surface area (Å²) in [6.45, 7) is -0.351. The summed E-state index contributed by atoms with van der Waals surface area (Å²) in [6, 6.07) is 5.04. The molecule has 3 N–H and O–H groups in total. The topological polar surface area (TPSA) is 112 Å². The molecule has 112 valence electrons. The molecule has 0 aliphatic carbocycles. The Morgan fingerprint density at radius 2 is 1.85 bits per heavy atom. The van der Waals surface area contributed by atoms with Gasteiger partial charge in [-0.15, -0.1) is 0 Å². The summed E-state index contributed by atoms with van der Waals surface area (Å²) in [5.74, 6) is -0.658. The molecule has 0 bridgehead atoms. The number of carboxylic acids is 1. The molecule has 0 fully saturated rings. The van der Waals surface area contributed by atoms with Crippen molar-refractivity contribution in [2.45, 2.75) is 11.0 Å². The molecule has 0 aromatic heterocycles. The van der Waals surface area contributed by atoms with Gasteiger partial charge >= 0.3 is 5.97 Å². The molecule has 0 saturated heterocycles. The van der Waals surface area contributed by atoms with Crippen LogP contribution in [0.15, 0.2) is 29.2 Å². The van der Waals surface area contributed by atoms with Crippen LogP contribution in [0, 0.1) is 0 Å². The first-order valence-electron chi connectivity index (χ1n) is 5.79. The lowest BCUT2D eigenvalue weighted by atomic mass is 10.2. The van der Waals surface area contributed by atoms with Gasteiger partial charge in [0.1, 0.15) is 0 Å². The molecule has 1 aromatic carbocycles. The second kappa shape index (κ2) is 7.63. The predicted octanol–water partition coefficient (Wildman–Crippen LogP) is 0.245. The summed E-state index contributed by atoms with van der Waals surface area (Å²) in [5.41, 5.74) is 0.0318. The van der Waals surface area contributed by atoms with Crippen LogP contribution >= 0.6 is 11.8 Å². The van der Waals surface area contributed by atoms with Crippen molar-refractivity contribution in [3.8, 4) is 0 Å². The van der Waals surface area contributed by atoms with Crippen LogP contribution in [-0.4, -0.2) is 59.7 Å². The quantitative estimate of drug-likeness (QED) is 0.588. The van der Waals surface area contributed by atoms with Gasteiger partial charge in [0.15, 0.2) is 9.84 Å². The molecule has 0 heterocycles. The van der Waals surface area contributed by atoms with Gasteiger partial charge < -0.3 is 15.3 Å². The first-order chi connectivity index (χ1) is 9.36. The van der Waals surface area contributed by atoms with Crippen molar-refractivity contribution >= 4 is 27.6 Å². The normalized spacial score (nSPS) is 13.1. The smallest absolute Gasteiger partial charge is 0.335 e. The maximum Gasteiger partial charge on any atom is 0.335 e. The highest BCUT2D eigenvalue weighted by molar-refractivity contribution is 8.00. The van der Waals surface area contributed by atoms with Gasteiger partial charge in [0.05, 0.1) is 28.9 Å². The number of aromatic carboxylic acids is 1. The Kier molecular flexibility index (Phi) is 6.47. The highest BCUT2D eigenvalue weighted by atomic mass is 32.2. The maximum atomic E-state index is 12.0. The number of thioether (sulfide) groups is 1. The summed E-state index contributed by atoms with van der Waals surface area (Å²) in [7, 11) is -3.47. The van der Waals surface area contributed by atoms with Crippen LogP contribution in [0.3, 0.4) is 0 Å². The molecular formula is C12H16O6S2. The van der Waals surface area contributed by atoms with E-state index in [0.29, 0.717) is 5.75 Å². The SMILES string of the molecule is O=C(O)c1ccc(S(=O)(=O)CCSCC(O)CO)cc1. The fraction of sp³-hybridized carbons (Fsp3) is 0.417. The molecule has 0 spiro atoms. The van der Waals surface area contributed by atoms with Gasteiger partial charge in [-0.2, -0.15) is 11.8 Å². The van der Waals surface area contributed by atoms with E-state index in [1.807, 2.05) is 0 Å². The number of aliphatic hydroxyl groups excluding tert-OH is 2. The van der Waals surface area contributed by atoms with E-state index < -0.39 is 21.9 Å². The Balaban J connectivity index is 2.58. The summed E-state index contributed by atoms with van der Waals surface area (Å²) >= 11 is 1.23. The number of sulfone groups is 1. The molecule has 0 aliphatic heterocycles. The third-order valence-electron chi connectivity index (χ3n) is 2.48. The van der Waals surface area contributed by atoms with Crippen molar-refractivity contribution < 1.29 is 28.5 Å². The Morgan fingerprint density at radius 1 is 1.25 bits per heavy atom. The van der Waals surface area contributed by atoms with E-state index in [2.05, 4.69) is 0 Å². The van der Waals surface area contributed by atoms with Gasteiger partial charge in [-0.05, 0) is 24.3 Å². The van der Waals surface area contributed by atoms with Gasteiger partial charge in [-0.25, -0.2) is 13.2 Å². The van der Waals surface area contributed by atoms with Crippen molar-refractivity contribution in [3.63, 3.8) is 0 Å². The standard InChI is InChI=1S/C12H16O6S2/c13-7-10(14)8-19-5-6-20(17,18)11-3-1-9(2-4-11)12(15)16/h1-4,10,13-14H,5-8H2,(H,15,16). The second-order valence-electron chi connectivity index (χ2n) is 4.06. The van der Waals surface area contributed by atoms with E-state index in [0.717, 1.165) is 0 Å². The van der Waals surface area contributed by atoms with Crippen LogP contribution in [-0.2, 0) is 9.84 Å². The minimum Gasteiger partial charge on any atom is -0.478 e. The number of benzene rings is 1. The van der Waals surface area contributed by atoms with Crippen LogP contribution in [0.2, 0.25) is 0 Å². The van der Waals surface area contributed by atoms with Crippen molar-refractivity contribution in [2.75, 3.05) is 23.9 Å². The molecule has 1 rings (SSSR count). The third-order valence-corrected chi connectivity index (χ3v) is 5.58. The molecule has 6 nitrogen and oxygen atoms in total. The van der Waals surface area contributed by atoms with E-state index in [1.165, 1.54) is 36.0 Å². The number of hydrogen-bond acceptors (Lipinski definition) is 6. The number of hydrogen-bond donors (Lipinski definition) is 3. The van der Waals surface area contributed by atoms with E-state index >= 15 is 0 Å². The summed E-state index contributed by atoms with van der Waals surface area (Å²) in [4.78, 5) is 10.7. The lowest BCUT2D eigenvalue weighted by Crippen LogP contribution is -2.16. The Morgan fingerprint density at radius 3 is 2.35 bits per heavy atom. The Bertz CT molecular complexity index is 538. The van der Waals surface area contributed by atoms with Crippen molar-refractivity contribution in [1.82, 2.24) is 0 Å². The van der Waals surface area contributed by atoms with Gasteiger partial charge in [-0.3, -0.25) is 0 Å². The molecular weight excluding hydrogens is 304 g/mol. The molecule has 1 unspecified atom stereocenters. The Labute approximate surface area is 121 Å². The second-order valence-corrected chi connectivity index (χ2v) is 7.32. The number of rotatable bonds is 8. The van der Waals surface area contributed by atoms with E-state index in [4.69, 9.17) is 15.3 Å². The van der Waals surface area contributed by atoms with Crippen LogP contribution in [0.1, 0.15) is 10.4 Å². The number of aliphatic hydroxyl groups is 2. The zero-order valence-corrected chi connectivity index (χ0v) is 12.2. The zero-order valence-electron chi connectivity index (χ0n) is 10.6. The summed E-state index contributed by atoms with van der Waals surface area (Å²) in [6.07, 6.45) is -0.849. The molecule has 1 atom stereocenters. The number of carboxylic acid groups (broad SMARTS) is 1. The summed E-state index contributed by atoms with van der Waals surface area (Å²) in [5, 5.41) is 26.5. The average Bonchev–Trinajstić information content (AvgIpc) is 2.43. The fourth-order valence-electron chi connectivity index (χ4n) is 1.36. The van der Waals surface area contributed by atoms with Gasteiger partial charge in [-0.1, -0.05) is 0 Å². The molecule has 0 aliphatic rings. The maximum absolute atomic E-state index is 12.0. The van der Waals surface area contributed by atoms with Crippen LogP contribution in [0.25, 0.3) is 0 Å². The molecule has 0 amide bonds. The largest absolute Gasteiger partial charge is 0.478 e. The van der Waals surface area contributed by atoms with E-state index in [9.17, 15) is 13.2 Å². The molecule has 1 aromatic rings. The highest BCUT2D eigenvalue weighted by Gasteiger charge is 2.15. The summed E-state index contributed by atoms with van der Waals surface area (Å²) < 4.78 is 23.9. The highest BCUT2D eigenvalue weighted by Crippen LogP contribution is 2.14. The third kappa shape index (κ3) is 5.12. The fourth-order valence-corrected chi connectivity index (χ4v) is 4.04. The van der Waals surface area contributed by atoms with E-state index in [-0.39, 0.29) is 28.6 Å². The van der Waals surface area contributed by atoms with Crippen molar-refractivity contribution in [1.29, 1.82) is 0 Å². The van der Waals surface area contributed by atoms with Crippen LogP contribution in [0.4, 0.5) is 0 Å². The zero-order chi connectivity index (χ0) is 15.2. The lowest BCUT2D eigenvalue weighted by Gasteiger charge is -2.07. The van der Waals surface area contributed by atoms with E-state index in [1.54, 1.807) is 0 Å². The Hall–Kier alpha value is -1.09. The first kappa shape index (κ1) is 17.0. The molecule has 8 heteroatoms. The molecule has 0 saturated carbocycles. The van der Waals surface area contributed by atoms with Gasteiger partial charge in [0, 0.05) is 11.5 Å². The van der Waals surface area contributed by atoms with Crippen molar-refractivity contribution in [3.05, 3.63) is 29.8 Å².